The van der Waals surface area contributed by atoms with Gasteiger partial charge in [-0.1, -0.05) is 71.7 Å². The van der Waals surface area contributed by atoms with Gasteiger partial charge in [0.15, 0.2) is 0 Å². The summed E-state index contributed by atoms with van der Waals surface area (Å²) in [7, 11) is -3.94. The first-order valence-electron chi connectivity index (χ1n) is 13.5. The third kappa shape index (κ3) is 9.37. The normalized spacial score (nSPS) is 12.4. The molecule has 226 valence electrons. The van der Waals surface area contributed by atoms with Gasteiger partial charge in [-0.05, 0) is 63.1 Å². The lowest BCUT2D eigenvalue weighted by atomic mass is 10.0. The number of carbonyl (C=O) groups is 2. The molecule has 0 bridgehead atoms. The third-order valence-electron chi connectivity index (χ3n) is 6.22. The molecule has 0 aromatic heterocycles. The van der Waals surface area contributed by atoms with Gasteiger partial charge < -0.3 is 15.0 Å². The van der Waals surface area contributed by atoms with Crippen molar-refractivity contribution in [1.82, 2.24) is 10.2 Å². The SMILES string of the molecule is CCOc1ccccc1N(CC(=O)N(Cc1ccc(Cl)c(Cl)c1)[C@H](Cc1ccccc1)C(=O)NC(C)(C)C)S(C)(=O)=O. The van der Waals surface area contributed by atoms with Crippen molar-refractivity contribution in [2.45, 2.75) is 52.2 Å². The van der Waals surface area contributed by atoms with Gasteiger partial charge in [-0.3, -0.25) is 13.9 Å². The Morgan fingerprint density at radius 2 is 1.57 bits per heavy atom. The van der Waals surface area contributed by atoms with E-state index in [-0.39, 0.29) is 24.6 Å². The molecule has 0 aliphatic heterocycles. The quantitative estimate of drug-likeness (QED) is 0.275. The van der Waals surface area contributed by atoms with E-state index in [1.807, 2.05) is 51.1 Å². The van der Waals surface area contributed by atoms with Crippen LogP contribution in [0.2, 0.25) is 10.0 Å². The number of rotatable bonds is 12. The van der Waals surface area contributed by atoms with Crippen molar-refractivity contribution in [3.05, 3.63) is 94.0 Å². The summed E-state index contributed by atoms with van der Waals surface area (Å²) in [6, 6.07) is 19.9. The van der Waals surface area contributed by atoms with Crippen molar-refractivity contribution in [3.63, 3.8) is 0 Å². The fourth-order valence-electron chi connectivity index (χ4n) is 4.38. The van der Waals surface area contributed by atoms with Crippen molar-refractivity contribution < 1.29 is 22.7 Å². The average molecular weight is 635 g/mol. The van der Waals surface area contributed by atoms with Crippen molar-refractivity contribution in [2.24, 2.45) is 0 Å². The number of hydrogen-bond donors (Lipinski definition) is 1. The van der Waals surface area contributed by atoms with Crippen molar-refractivity contribution in [1.29, 1.82) is 0 Å². The van der Waals surface area contributed by atoms with Gasteiger partial charge in [-0.2, -0.15) is 0 Å². The van der Waals surface area contributed by atoms with Crippen LogP contribution in [-0.2, 0) is 32.6 Å². The predicted molar refractivity (Wildman–Crippen MR) is 169 cm³/mol. The molecule has 2 amide bonds. The smallest absolute Gasteiger partial charge is 0.244 e. The summed E-state index contributed by atoms with van der Waals surface area (Å²) >= 11 is 12.4. The van der Waals surface area contributed by atoms with Crippen molar-refractivity contribution >= 4 is 50.7 Å². The maximum atomic E-state index is 14.2. The number of para-hydroxylation sites is 2. The van der Waals surface area contributed by atoms with Crippen molar-refractivity contribution in [2.75, 3.05) is 23.7 Å². The maximum Gasteiger partial charge on any atom is 0.244 e. The first kappa shape index (κ1) is 33.2. The van der Waals surface area contributed by atoms with E-state index < -0.39 is 34.1 Å². The van der Waals surface area contributed by atoms with Crippen LogP contribution in [0.15, 0.2) is 72.8 Å². The Morgan fingerprint density at radius 3 is 2.17 bits per heavy atom. The minimum absolute atomic E-state index is 0.0184. The summed E-state index contributed by atoms with van der Waals surface area (Å²) in [4.78, 5) is 29.4. The second kappa shape index (κ2) is 14.3. The maximum absolute atomic E-state index is 14.2. The molecule has 1 atom stereocenters. The molecule has 0 radical (unpaired) electrons. The highest BCUT2D eigenvalue weighted by molar-refractivity contribution is 7.92. The Labute approximate surface area is 258 Å². The highest BCUT2D eigenvalue weighted by Crippen LogP contribution is 2.30. The molecule has 0 heterocycles. The molecule has 0 saturated heterocycles. The molecule has 0 unspecified atom stereocenters. The Hall–Kier alpha value is -3.27. The number of carbonyl (C=O) groups excluding carboxylic acids is 2. The highest BCUT2D eigenvalue weighted by atomic mass is 35.5. The van der Waals surface area contributed by atoms with Crippen molar-refractivity contribution in [3.8, 4) is 5.75 Å². The highest BCUT2D eigenvalue weighted by Gasteiger charge is 2.35. The van der Waals surface area contributed by atoms with E-state index in [9.17, 15) is 18.0 Å². The Morgan fingerprint density at radius 1 is 0.929 bits per heavy atom. The molecule has 0 saturated carbocycles. The second-order valence-corrected chi connectivity index (χ2v) is 13.6. The van der Waals surface area contributed by atoms with Crippen LogP contribution in [0.5, 0.6) is 5.75 Å². The summed E-state index contributed by atoms with van der Waals surface area (Å²) in [5.41, 5.74) is 1.10. The minimum atomic E-state index is -3.94. The van der Waals surface area contributed by atoms with Crippen LogP contribution in [-0.4, -0.2) is 56.1 Å². The minimum Gasteiger partial charge on any atom is -0.492 e. The first-order valence-corrected chi connectivity index (χ1v) is 16.1. The number of sulfonamides is 1. The monoisotopic (exact) mass is 633 g/mol. The lowest BCUT2D eigenvalue weighted by molar-refractivity contribution is -0.140. The summed E-state index contributed by atoms with van der Waals surface area (Å²) in [6.07, 6.45) is 1.23. The van der Waals surface area contributed by atoms with Crippen LogP contribution in [0.25, 0.3) is 0 Å². The van der Waals surface area contributed by atoms with E-state index in [0.29, 0.717) is 28.0 Å². The molecular formula is C31H37Cl2N3O5S. The van der Waals surface area contributed by atoms with E-state index in [1.165, 1.54) is 4.90 Å². The lowest BCUT2D eigenvalue weighted by Crippen LogP contribution is -2.56. The number of benzene rings is 3. The van der Waals surface area contributed by atoms with E-state index in [4.69, 9.17) is 27.9 Å². The number of halogens is 2. The molecule has 0 fully saturated rings. The van der Waals surface area contributed by atoms with Gasteiger partial charge >= 0.3 is 0 Å². The fraction of sp³-hybridized carbons (Fsp3) is 0.355. The molecule has 8 nitrogen and oxygen atoms in total. The lowest BCUT2D eigenvalue weighted by Gasteiger charge is -2.35. The molecule has 3 aromatic rings. The van der Waals surface area contributed by atoms with Gasteiger partial charge in [0, 0.05) is 18.5 Å². The molecule has 11 heteroatoms. The van der Waals surface area contributed by atoms with Gasteiger partial charge in [-0.15, -0.1) is 0 Å². The summed E-state index contributed by atoms with van der Waals surface area (Å²) < 4.78 is 32.8. The molecule has 3 rings (SSSR count). The van der Waals surface area contributed by atoms with Crippen LogP contribution >= 0.6 is 23.2 Å². The first-order chi connectivity index (χ1) is 19.7. The molecule has 0 aliphatic rings. The number of nitrogens with zero attached hydrogens (tertiary/aromatic N) is 2. The summed E-state index contributed by atoms with van der Waals surface area (Å²) in [5, 5.41) is 3.63. The van der Waals surface area contributed by atoms with Crippen LogP contribution in [0.1, 0.15) is 38.8 Å². The zero-order valence-electron chi connectivity index (χ0n) is 24.4. The molecule has 0 aliphatic carbocycles. The van der Waals surface area contributed by atoms with Crippen LogP contribution in [0, 0.1) is 0 Å². The topological polar surface area (TPSA) is 96.0 Å². The Kier molecular flexibility index (Phi) is 11.3. The number of ether oxygens (including phenoxy) is 1. The number of amides is 2. The van der Waals surface area contributed by atoms with E-state index in [2.05, 4.69) is 5.32 Å². The van der Waals surface area contributed by atoms with Gasteiger partial charge in [0.1, 0.15) is 18.3 Å². The average Bonchev–Trinajstić information content (AvgIpc) is 2.90. The summed E-state index contributed by atoms with van der Waals surface area (Å²) in [5.74, 6) is -0.635. The van der Waals surface area contributed by atoms with Gasteiger partial charge in [-0.25, -0.2) is 8.42 Å². The number of anilines is 1. The van der Waals surface area contributed by atoms with E-state index in [0.717, 1.165) is 16.1 Å². The Bertz CT molecular complexity index is 1490. The number of nitrogens with one attached hydrogen (secondary N) is 1. The zero-order valence-corrected chi connectivity index (χ0v) is 26.8. The third-order valence-corrected chi connectivity index (χ3v) is 8.08. The molecule has 3 aromatic carbocycles. The van der Waals surface area contributed by atoms with Crippen LogP contribution < -0.4 is 14.4 Å². The Balaban J connectivity index is 2.12. The van der Waals surface area contributed by atoms with Crippen LogP contribution in [0.3, 0.4) is 0 Å². The standard InChI is InChI=1S/C31H37Cl2N3O5S/c1-6-41-28-15-11-10-14-26(28)36(42(5,39)40)21-29(37)35(20-23-16-17-24(32)25(33)18-23)27(30(38)34-31(2,3)4)19-22-12-8-7-9-13-22/h7-18,27H,6,19-21H2,1-5H3,(H,34,38)/t27-/m1/s1. The number of hydrogen-bond acceptors (Lipinski definition) is 5. The van der Waals surface area contributed by atoms with Gasteiger partial charge in [0.25, 0.3) is 0 Å². The summed E-state index contributed by atoms with van der Waals surface area (Å²) in [6.45, 7) is 7.07. The van der Waals surface area contributed by atoms with Gasteiger partial charge in [0.2, 0.25) is 21.8 Å². The molecule has 1 N–H and O–H groups in total. The molecule has 0 spiro atoms. The molecule has 42 heavy (non-hydrogen) atoms. The van der Waals surface area contributed by atoms with Gasteiger partial charge in [0.05, 0.1) is 28.6 Å². The molecular weight excluding hydrogens is 597 g/mol. The predicted octanol–water partition coefficient (Wildman–Crippen LogP) is 5.71. The second-order valence-electron chi connectivity index (χ2n) is 10.9. The zero-order chi connectivity index (χ0) is 31.1. The van der Waals surface area contributed by atoms with E-state index in [1.54, 1.807) is 49.4 Å². The fourth-order valence-corrected chi connectivity index (χ4v) is 5.55. The van der Waals surface area contributed by atoms with E-state index >= 15 is 0 Å². The van der Waals surface area contributed by atoms with Crippen LogP contribution in [0.4, 0.5) is 5.69 Å². The largest absolute Gasteiger partial charge is 0.492 e.